The number of aryl methyl sites for hydroxylation is 2. The quantitative estimate of drug-likeness (QED) is 0.841. The van der Waals surface area contributed by atoms with Crippen LogP contribution in [0.3, 0.4) is 0 Å². The van der Waals surface area contributed by atoms with Gasteiger partial charge in [0, 0.05) is 5.69 Å². The molecule has 3 rings (SSSR count). The highest BCUT2D eigenvalue weighted by Crippen LogP contribution is 2.35. The second kappa shape index (κ2) is 6.21. The van der Waals surface area contributed by atoms with Gasteiger partial charge < -0.3 is 10.4 Å². The molecule has 21 heavy (non-hydrogen) atoms. The topological polar surface area (TPSA) is 32.3 Å². The first-order valence-electron chi connectivity index (χ1n) is 7.94. The molecule has 1 aliphatic carbocycles. The predicted molar refractivity (Wildman–Crippen MR) is 87.8 cm³/mol. The van der Waals surface area contributed by atoms with Gasteiger partial charge >= 0.3 is 0 Å². The first-order valence-corrected chi connectivity index (χ1v) is 7.94. The Morgan fingerprint density at radius 2 is 2.05 bits per heavy atom. The van der Waals surface area contributed by atoms with E-state index >= 15 is 0 Å². The van der Waals surface area contributed by atoms with Crippen LogP contribution in [0.2, 0.25) is 0 Å². The molecule has 0 saturated heterocycles. The minimum Gasteiger partial charge on any atom is -0.508 e. The van der Waals surface area contributed by atoms with Crippen molar-refractivity contribution in [1.82, 2.24) is 0 Å². The Balaban J connectivity index is 1.87. The number of benzene rings is 2. The highest BCUT2D eigenvalue weighted by molar-refractivity contribution is 5.54. The lowest BCUT2D eigenvalue weighted by atomic mass is 9.87. The Bertz CT molecular complexity index is 621. The zero-order chi connectivity index (χ0) is 14.7. The van der Waals surface area contributed by atoms with Crippen LogP contribution in [-0.2, 0) is 12.8 Å². The fourth-order valence-corrected chi connectivity index (χ4v) is 3.29. The number of phenolic OH excluding ortho intramolecular Hbond substituents is 1. The zero-order valence-corrected chi connectivity index (χ0v) is 12.6. The van der Waals surface area contributed by atoms with Gasteiger partial charge in [0.2, 0.25) is 0 Å². The Morgan fingerprint density at radius 3 is 2.90 bits per heavy atom. The third kappa shape index (κ3) is 3.05. The lowest BCUT2D eigenvalue weighted by Gasteiger charge is -2.28. The largest absolute Gasteiger partial charge is 0.508 e. The number of rotatable bonds is 4. The van der Waals surface area contributed by atoms with Crippen LogP contribution in [-0.4, -0.2) is 5.11 Å². The van der Waals surface area contributed by atoms with Crippen molar-refractivity contribution in [3.8, 4) is 5.75 Å². The van der Waals surface area contributed by atoms with E-state index in [9.17, 15) is 5.11 Å². The number of nitrogens with one attached hydrogen (secondary N) is 1. The van der Waals surface area contributed by atoms with Crippen LogP contribution in [0.15, 0.2) is 42.5 Å². The first-order chi connectivity index (χ1) is 10.3. The van der Waals surface area contributed by atoms with Crippen molar-refractivity contribution in [2.45, 2.75) is 45.1 Å². The van der Waals surface area contributed by atoms with Crippen molar-refractivity contribution >= 4 is 5.69 Å². The van der Waals surface area contributed by atoms with Crippen LogP contribution < -0.4 is 5.32 Å². The van der Waals surface area contributed by atoms with Crippen LogP contribution in [0.5, 0.6) is 5.75 Å². The number of para-hydroxylation sites is 1. The number of hydrogen-bond acceptors (Lipinski definition) is 2. The molecule has 1 unspecified atom stereocenters. The van der Waals surface area contributed by atoms with Gasteiger partial charge in [-0.15, -0.1) is 0 Å². The average Bonchev–Trinajstić information content (AvgIpc) is 2.49. The number of fused-ring (bicyclic) bond motifs is 1. The molecule has 0 aromatic heterocycles. The highest BCUT2D eigenvalue weighted by Gasteiger charge is 2.20. The molecular weight excluding hydrogens is 258 g/mol. The van der Waals surface area contributed by atoms with E-state index in [0.29, 0.717) is 11.8 Å². The molecule has 0 bridgehead atoms. The van der Waals surface area contributed by atoms with Gasteiger partial charge in [0.15, 0.2) is 0 Å². The summed E-state index contributed by atoms with van der Waals surface area (Å²) in [6.45, 7) is 2.22. The molecule has 2 N–H and O–H groups in total. The zero-order valence-electron chi connectivity index (χ0n) is 12.6. The first kappa shape index (κ1) is 14.0. The maximum Gasteiger partial charge on any atom is 0.115 e. The Labute approximate surface area is 126 Å². The molecule has 0 fully saturated rings. The summed E-state index contributed by atoms with van der Waals surface area (Å²) in [7, 11) is 0. The van der Waals surface area contributed by atoms with Gasteiger partial charge in [-0.1, -0.05) is 37.6 Å². The van der Waals surface area contributed by atoms with Crippen LogP contribution in [0.1, 0.15) is 48.9 Å². The monoisotopic (exact) mass is 281 g/mol. The summed E-state index contributed by atoms with van der Waals surface area (Å²) in [4.78, 5) is 0. The van der Waals surface area contributed by atoms with Gasteiger partial charge in [0.1, 0.15) is 5.75 Å². The molecule has 1 aliphatic rings. The van der Waals surface area contributed by atoms with Gasteiger partial charge in [0.25, 0.3) is 0 Å². The van der Waals surface area contributed by atoms with Crippen LogP contribution >= 0.6 is 0 Å². The molecule has 0 spiro atoms. The Morgan fingerprint density at radius 1 is 1.19 bits per heavy atom. The summed E-state index contributed by atoms with van der Waals surface area (Å²) in [6.07, 6.45) is 5.66. The van der Waals surface area contributed by atoms with Crippen molar-refractivity contribution in [2.24, 2.45) is 0 Å². The van der Waals surface area contributed by atoms with Gasteiger partial charge in [-0.05, 0) is 60.6 Å². The van der Waals surface area contributed by atoms with Gasteiger partial charge in [0.05, 0.1) is 6.04 Å². The summed E-state index contributed by atoms with van der Waals surface area (Å²) < 4.78 is 0. The number of aromatic hydroxyl groups is 1. The summed E-state index contributed by atoms with van der Waals surface area (Å²) >= 11 is 0. The molecule has 0 aliphatic heterocycles. The minimum absolute atomic E-state index is 0.354. The number of hydrogen-bond donors (Lipinski definition) is 2. The van der Waals surface area contributed by atoms with E-state index < -0.39 is 0 Å². The van der Waals surface area contributed by atoms with E-state index in [1.165, 1.54) is 28.8 Å². The summed E-state index contributed by atoms with van der Waals surface area (Å²) in [5, 5.41) is 13.4. The average molecular weight is 281 g/mol. The fraction of sp³-hybridized carbons (Fsp3) is 0.368. The normalized spacial score (nSPS) is 17.3. The minimum atomic E-state index is 0.354. The predicted octanol–water partition coefficient (Wildman–Crippen LogP) is 4.83. The maximum absolute atomic E-state index is 9.66. The van der Waals surface area contributed by atoms with Crippen molar-refractivity contribution < 1.29 is 5.11 Å². The van der Waals surface area contributed by atoms with Gasteiger partial charge in [-0.25, -0.2) is 0 Å². The van der Waals surface area contributed by atoms with E-state index in [1.54, 1.807) is 6.07 Å². The third-order valence-corrected chi connectivity index (χ3v) is 4.31. The molecule has 1 atom stereocenters. The van der Waals surface area contributed by atoms with Gasteiger partial charge in [-0.3, -0.25) is 0 Å². The van der Waals surface area contributed by atoms with E-state index in [1.807, 2.05) is 6.07 Å². The third-order valence-electron chi connectivity index (χ3n) is 4.31. The fourth-order valence-electron chi connectivity index (χ4n) is 3.29. The molecule has 0 heterocycles. The summed E-state index contributed by atoms with van der Waals surface area (Å²) in [6, 6.07) is 14.8. The SMILES string of the molecule is CCCc1ccccc1NC1CCCc2cc(O)ccc21. The van der Waals surface area contributed by atoms with E-state index in [4.69, 9.17) is 0 Å². The second-order valence-electron chi connectivity index (χ2n) is 5.88. The van der Waals surface area contributed by atoms with E-state index in [-0.39, 0.29) is 0 Å². The molecule has 110 valence electrons. The van der Waals surface area contributed by atoms with Crippen molar-refractivity contribution in [2.75, 3.05) is 5.32 Å². The standard InChI is InChI=1S/C19H23NO/c1-2-6-14-7-3-4-9-18(14)20-19-10-5-8-15-13-16(21)11-12-17(15)19/h3-4,7,9,11-13,19-21H,2,5-6,8,10H2,1H3. The summed E-state index contributed by atoms with van der Waals surface area (Å²) in [5.74, 6) is 0.376. The number of anilines is 1. The van der Waals surface area contributed by atoms with Crippen molar-refractivity contribution in [1.29, 1.82) is 0 Å². The molecular formula is C19H23NO. The summed E-state index contributed by atoms with van der Waals surface area (Å²) in [5.41, 5.74) is 5.27. The molecule has 2 aromatic carbocycles. The maximum atomic E-state index is 9.66. The number of phenols is 1. The molecule has 0 amide bonds. The Hall–Kier alpha value is -1.96. The van der Waals surface area contributed by atoms with Crippen LogP contribution in [0.25, 0.3) is 0 Å². The molecule has 0 saturated carbocycles. The van der Waals surface area contributed by atoms with Crippen LogP contribution in [0.4, 0.5) is 5.69 Å². The molecule has 2 nitrogen and oxygen atoms in total. The van der Waals surface area contributed by atoms with E-state index in [0.717, 1.165) is 25.7 Å². The lowest BCUT2D eigenvalue weighted by molar-refractivity contribution is 0.472. The smallest absolute Gasteiger partial charge is 0.115 e. The van der Waals surface area contributed by atoms with Crippen LogP contribution in [0, 0.1) is 0 Å². The van der Waals surface area contributed by atoms with Crippen molar-refractivity contribution in [3.05, 3.63) is 59.2 Å². The second-order valence-corrected chi connectivity index (χ2v) is 5.88. The molecule has 2 heteroatoms. The lowest BCUT2D eigenvalue weighted by Crippen LogP contribution is -2.18. The molecule has 0 radical (unpaired) electrons. The van der Waals surface area contributed by atoms with Crippen molar-refractivity contribution in [3.63, 3.8) is 0 Å². The van der Waals surface area contributed by atoms with E-state index in [2.05, 4.69) is 42.6 Å². The Kier molecular flexibility index (Phi) is 4.14. The molecule has 2 aromatic rings. The highest BCUT2D eigenvalue weighted by atomic mass is 16.3. The van der Waals surface area contributed by atoms with Gasteiger partial charge in [-0.2, -0.15) is 0 Å².